The zero-order chi connectivity index (χ0) is 22.5. The highest BCUT2D eigenvalue weighted by atomic mass is 19.1. The Hall–Kier alpha value is -3.22. The largest absolute Gasteiger partial charge is 0.356 e. The van der Waals surface area contributed by atoms with E-state index in [1.54, 1.807) is 21.9 Å². The summed E-state index contributed by atoms with van der Waals surface area (Å²) in [4.78, 5) is 41.4. The summed E-state index contributed by atoms with van der Waals surface area (Å²) in [6.07, 6.45) is 2.13. The first-order chi connectivity index (χ1) is 15.5. The third-order valence-corrected chi connectivity index (χ3v) is 6.35. The van der Waals surface area contributed by atoms with Crippen molar-refractivity contribution in [2.75, 3.05) is 31.1 Å². The number of halogens is 1. The molecule has 2 aliphatic rings. The number of amides is 3. The molecule has 7 heteroatoms. The van der Waals surface area contributed by atoms with E-state index in [0.29, 0.717) is 45.4 Å². The fourth-order valence-corrected chi connectivity index (χ4v) is 4.48. The number of likely N-dealkylation sites (tertiary alicyclic amines) is 1. The van der Waals surface area contributed by atoms with E-state index in [2.05, 4.69) is 5.32 Å². The summed E-state index contributed by atoms with van der Waals surface area (Å²) >= 11 is 0. The molecule has 0 radical (unpaired) electrons. The van der Waals surface area contributed by atoms with Gasteiger partial charge in [0.05, 0.1) is 5.92 Å². The molecule has 2 heterocycles. The summed E-state index contributed by atoms with van der Waals surface area (Å²) in [6, 6.07) is 15.7. The van der Waals surface area contributed by atoms with E-state index < -0.39 is 0 Å². The summed E-state index contributed by atoms with van der Waals surface area (Å²) in [5.41, 5.74) is 1.80. The van der Waals surface area contributed by atoms with Crippen molar-refractivity contribution in [2.45, 2.75) is 25.7 Å². The quantitative estimate of drug-likeness (QED) is 0.756. The third-order valence-electron chi connectivity index (χ3n) is 6.35. The molecule has 168 valence electrons. The number of nitrogens with one attached hydrogen (secondary N) is 1. The number of anilines is 1. The molecule has 2 aromatic carbocycles. The van der Waals surface area contributed by atoms with Gasteiger partial charge in [-0.05, 0) is 49.1 Å². The van der Waals surface area contributed by atoms with Crippen molar-refractivity contribution in [1.82, 2.24) is 10.2 Å². The van der Waals surface area contributed by atoms with Crippen LogP contribution >= 0.6 is 0 Å². The topological polar surface area (TPSA) is 69.7 Å². The molecule has 4 rings (SSSR count). The Labute approximate surface area is 187 Å². The maximum Gasteiger partial charge on any atom is 0.228 e. The third kappa shape index (κ3) is 5.15. The molecule has 0 spiro atoms. The molecular weight excluding hydrogens is 409 g/mol. The first-order valence-corrected chi connectivity index (χ1v) is 11.2. The second-order valence-corrected chi connectivity index (χ2v) is 8.51. The molecule has 2 aliphatic heterocycles. The maximum absolute atomic E-state index is 13.0. The average Bonchev–Trinajstić information content (AvgIpc) is 3.22. The van der Waals surface area contributed by atoms with E-state index in [4.69, 9.17) is 0 Å². The molecule has 3 amide bonds. The Balaban J connectivity index is 1.22. The molecule has 0 aromatic heterocycles. The van der Waals surface area contributed by atoms with Crippen molar-refractivity contribution < 1.29 is 18.8 Å². The van der Waals surface area contributed by atoms with Crippen LogP contribution in [0.25, 0.3) is 0 Å². The lowest BCUT2D eigenvalue weighted by Crippen LogP contribution is -2.45. The van der Waals surface area contributed by atoms with E-state index >= 15 is 0 Å². The van der Waals surface area contributed by atoms with Gasteiger partial charge in [0.1, 0.15) is 5.82 Å². The normalized spacial score (nSPS) is 19.3. The van der Waals surface area contributed by atoms with E-state index in [1.807, 2.05) is 30.3 Å². The molecular formula is C25H28FN3O3. The van der Waals surface area contributed by atoms with Gasteiger partial charge in [0.15, 0.2) is 0 Å². The molecule has 0 aliphatic carbocycles. The van der Waals surface area contributed by atoms with Gasteiger partial charge in [0.25, 0.3) is 0 Å². The minimum Gasteiger partial charge on any atom is -0.356 e. The van der Waals surface area contributed by atoms with Gasteiger partial charge in [-0.1, -0.05) is 30.3 Å². The number of para-hydroxylation sites is 1. The lowest BCUT2D eigenvalue weighted by molar-refractivity contribution is -0.139. The van der Waals surface area contributed by atoms with Gasteiger partial charge in [0.2, 0.25) is 17.7 Å². The van der Waals surface area contributed by atoms with E-state index in [-0.39, 0.29) is 41.8 Å². The van der Waals surface area contributed by atoms with Gasteiger partial charge < -0.3 is 15.1 Å². The van der Waals surface area contributed by atoms with Crippen molar-refractivity contribution in [1.29, 1.82) is 0 Å². The SMILES string of the molecule is O=C(NCCc1ccc(F)cc1)C1CCN(C(=O)C2CC(=O)N(c3ccccc3)C2)CC1. The molecule has 0 bridgehead atoms. The lowest BCUT2D eigenvalue weighted by Gasteiger charge is -2.33. The Morgan fingerprint density at radius 2 is 1.66 bits per heavy atom. The van der Waals surface area contributed by atoms with Crippen LogP contribution in [0.5, 0.6) is 0 Å². The van der Waals surface area contributed by atoms with Gasteiger partial charge in [-0.2, -0.15) is 0 Å². The molecule has 0 saturated carbocycles. The molecule has 2 aromatic rings. The Bertz CT molecular complexity index is 956. The van der Waals surface area contributed by atoms with Crippen molar-refractivity contribution in [3.05, 3.63) is 66.0 Å². The summed E-state index contributed by atoms with van der Waals surface area (Å²) in [6.45, 7) is 1.98. The monoisotopic (exact) mass is 437 g/mol. The van der Waals surface area contributed by atoms with Crippen molar-refractivity contribution in [3.63, 3.8) is 0 Å². The Morgan fingerprint density at radius 1 is 0.969 bits per heavy atom. The average molecular weight is 438 g/mol. The molecule has 6 nitrogen and oxygen atoms in total. The van der Waals surface area contributed by atoms with Crippen LogP contribution in [-0.2, 0) is 20.8 Å². The first kappa shape index (κ1) is 22.0. The number of benzene rings is 2. The minimum atomic E-state index is -0.330. The number of carbonyl (C=O) groups is 3. The zero-order valence-corrected chi connectivity index (χ0v) is 18.0. The van der Waals surface area contributed by atoms with Gasteiger partial charge in [0, 0.05) is 44.2 Å². The van der Waals surface area contributed by atoms with Gasteiger partial charge >= 0.3 is 0 Å². The second-order valence-electron chi connectivity index (χ2n) is 8.51. The molecule has 32 heavy (non-hydrogen) atoms. The maximum atomic E-state index is 13.0. The van der Waals surface area contributed by atoms with E-state index in [9.17, 15) is 18.8 Å². The molecule has 1 unspecified atom stereocenters. The minimum absolute atomic E-state index is 0.00510. The standard InChI is InChI=1S/C25H28FN3O3/c26-21-8-6-18(7-9-21)10-13-27-24(31)19-11-14-28(15-12-19)25(32)20-16-23(30)29(17-20)22-4-2-1-3-5-22/h1-9,19-20H,10-17H2,(H,27,31). The highest BCUT2D eigenvalue weighted by Gasteiger charge is 2.38. The summed E-state index contributed by atoms with van der Waals surface area (Å²) in [7, 11) is 0. The van der Waals surface area contributed by atoms with Crippen LogP contribution in [0.15, 0.2) is 54.6 Å². The van der Waals surface area contributed by atoms with Crippen molar-refractivity contribution in [3.8, 4) is 0 Å². The van der Waals surface area contributed by atoms with Crippen LogP contribution in [-0.4, -0.2) is 48.8 Å². The van der Waals surface area contributed by atoms with Gasteiger partial charge in [-0.15, -0.1) is 0 Å². The highest BCUT2D eigenvalue weighted by Crippen LogP contribution is 2.27. The molecule has 2 saturated heterocycles. The second kappa shape index (κ2) is 9.94. The summed E-state index contributed by atoms with van der Waals surface area (Å²) < 4.78 is 13.0. The lowest BCUT2D eigenvalue weighted by atomic mass is 9.94. The van der Waals surface area contributed by atoms with Crippen LogP contribution in [0, 0.1) is 17.7 Å². The number of carbonyl (C=O) groups excluding carboxylic acids is 3. The first-order valence-electron chi connectivity index (χ1n) is 11.2. The Morgan fingerprint density at radius 3 is 2.34 bits per heavy atom. The highest BCUT2D eigenvalue weighted by molar-refractivity contribution is 6.00. The van der Waals surface area contributed by atoms with Crippen LogP contribution < -0.4 is 10.2 Å². The van der Waals surface area contributed by atoms with Gasteiger partial charge in [-0.25, -0.2) is 4.39 Å². The fourth-order valence-electron chi connectivity index (χ4n) is 4.48. The van der Waals surface area contributed by atoms with E-state index in [1.165, 1.54) is 12.1 Å². The predicted molar refractivity (Wildman–Crippen MR) is 119 cm³/mol. The van der Waals surface area contributed by atoms with Gasteiger partial charge in [-0.3, -0.25) is 14.4 Å². The number of hydrogen-bond acceptors (Lipinski definition) is 3. The number of rotatable bonds is 6. The van der Waals surface area contributed by atoms with Crippen LogP contribution in [0.2, 0.25) is 0 Å². The van der Waals surface area contributed by atoms with Crippen LogP contribution in [0.4, 0.5) is 10.1 Å². The van der Waals surface area contributed by atoms with Crippen molar-refractivity contribution in [2.24, 2.45) is 11.8 Å². The number of nitrogens with zero attached hydrogens (tertiary/aromatic N) is 2. The Kier molecular flexibility index (Phi) is 6.83. The summed E-state index contributed by atoms with van der Waals surface area (Å²) in [5.74, 6) is -0.724. The van der Waals surface area contributed by atoms with Crippen molar-refractivity contribution >= 4 is 23.4 Å². The van der Waals surface area contributed by atoms with E-state index in [0.717, 1.165) is 11.3 Å². The number of hydrogen-bond donors (Lipinski definition) is 1. The van der Waals surface area contributed by atoms with Crippen LogP contribution in [0.3, 0.4) is 0 Å². The molecule has 1 N–H and O–H groups in total. The molecule has 2 fully saturated rings. The predicted octanol–water partition coefficient (Wildman–Crippen LogP) is 2.78. The fraction of sp³-hybridized carbons (Fsp3) is 0.400. The molecule has 1 atom stereocenters. The summed E-state index contributed by atoms with van der Waals surface area (Å²) in [5, 5.41) is 2.96. The zero-order valence-electron chi connectivity index (χ0n) is 18.0. The number of piperidine rings is 1. The van der Waals surface area contributed by atoms with Crippen LogP contribution in [0.1, 0.15) is 24.8 Å². The smallest absolute Gasteiger partial charge is 0.228 e.